The summed E-state index contributed by atoms with van der Waals surface area (Å²) < 4.78 is 0. The Labute approximate surface area is 222 Å². The number of nitrogens with one attached hydrogen (secondary N) is 2. The van der Waals surface area contributed by atoms with Crippen LogP contribution in [-0.4, -0.2) is 82.7 Å². The van der Waals surface area contributed by atoms with Gasteiger partial charge in [-0.25, -0.2) is 0 Å². The van der Waals surface area contributed by atoms with Crippen molar-refractivity contribution in [1.82, 2.24) is 20.0 Å². The van der Waals surface area contributed by atoms with Gasteiger partial charge in [-0.1, -0.05) is 24.3 Å². The molecule has 2 aliphatic heterocycles. The van der Waals surface area contributed by atoms with Crippen molar-refractivity contribution < 1.29 is 14.7 Å². The zero-order valence-corrected chi connectivity index (χ0v) is 21.7. The van der Waals surface area contributed by atoms with Crippen LogP contribution >= 0.6 is 0 Å². The number of phenols is 1. The molecule has 1 atom stereocenters. The summed E-state index contributed by atoms with van der Waals surface area (Å²) in [4.78, 5) is 32.2. The Balaban J connectivity index is 1.09. The van der Waals surface area contributed by atoms with Crippen LogP contribution in [0.15, 0.2) is 61.3 Å². The zero-order valence-electron chi connectivity index (χ0n) is 21.7. The molecule has 0 saturated carbocycles. The number of aromatic amines is 1. The number of hydrogen-bond donors (Lipinski definition) is 3. The molecular weight excluding hydrogens is 480 g/mol. The Hall–Kier alpha value is -4.11. The molecule has 0 spiro atoms. The predicted molar refractivity (Wildman–Crippen MR) is 149 cm³/mol. The lowest BCUT2D eigenvalue weighted by Gasteiger charge is -2.36. The fourth-order valence-electron chi connectivity index (χ4n) is 5.13. The number of benzene rings is 2. The van der Waals surface area contributed by atoms with Gasteiger partial charge in [-0.15, -0.1) is 0 Å². The highest BCUT2D eigenvalue weighted by molar-refractivity contribution is 5.94. The molecule has 2 saturated heterocycles. The summed E-state index contributed by atoms with van der Waals surface area (Å²) in [6, 6.07) is 15.1. The number of piperazine rings is 1. The highest BCUT2D eigenvalue weighted by Crippen LogP contribution is 2.31. The first-order valence-electron chi connectivity index (χ1n) is 13.0. The SMILES string of the molecule is C=C(C)c1ccc(N2CCN(C(=O)CN3CC[C@@H](C(=O)Nc4ccc(O)c(-c5cc[nH]n5)c4)C3)CC2)cc1. The number of nitrogens with zero attached hydrogens (tertiary/aromatic N) is 4. The number of aromatic hydroxyl groups is 1. The fourth-order valence-corrected chi connectivity index (χ4v) is 5.13. The van der Waals surface area contributed by atoms with Gasteiger partial charge in [0.2, 0.25) is 11.8 Å². The molecule has 0 bridgehead atoms. The minimum absolute atomic E-state index is 0.0788. The molecule has 5 rings (SSSR count). The summed E-state index contributed by atoms with van der Waals surface area (Å²) in [5.41, 5.74) is 5.11. The molecule has 9 nitrogen and oxygen atoms in total. The van der Waals surface area contributed by atoms with Gasteiger partial charge in [-0.3, -0.25) is 19.6 Å². The van der Waals surface area contributed by atoms with E-state index in [0.29, 0.717) is 56.1 Å². The Bertz CT molecular complexity index is 1300. The highest BCUT2D eigenvalue weighted by atomic mass is 16.3. The van der Waals surface area contributed by atoms with Crippen molar-refractivity contribution in [2.75, 3.05) is 56.0 Å². The summed E-state index contributed by atoms with van der Waals surface area (Å²) in [5, 5.41) is 20.0. The number of phenolic OH excluding ortho intramolecular Hbond substituents is 1. The van der Waals surface area contributed by atoms with Crippen LogP contribution in [0.5, 0.6) is 5.75 Å². The number of H-pyrrole nitrogens is 1. The molecule has 0 aliphatic carbocycles. The minimum Gasteiger partial charge on any atom is -0.507 e. The van der Waals surface area contributed by atoms with Crippen molar-refractivity contribution >= 4 is 28.8 Å². The number of anilines is 2. The van der Waals surface area contributed by atoms with Gasteiger partial charge < -0.3 is 20.2 Å². The summed E-state index contributed by atoms with van der Waals surface area (Å²) in [6.45, 7) is 10.6. The third kappa shape index (κ3) is 5.73. The first-order valence-corrected chi connectivity index (χ1v) is 13.0. The normalized spacial score (nSPS) is 18.0. The summed E-state index contributed by atoms with van der Waals surface area (Å²) in [5.74, 6) is -0.0537. The maximum Gasteiger partial charge on any atom is 0.236 e. The average Bonchev–Trinajstić information content (AvgIpc) is 3.63. The van der Waals surface area contributed by atoms with E-state index in [-0.39, 0.29) is 23.5 Å². The van der Waals surface area contributed by atoms with Crippen LogP contribution in [0.2, 0.25) is 0 Å². The molecule has 3 N–H and O–H groups in total. The van der Waals surface area contributed by atoms with Crippen molar-refractivity contribution in [3.05, 3.63) is 66.9 Å². The van der Waals surface area contributed by atoms with Crippen LogP contribution in [0.25, 0.3) is 16.8 Å². The largest absolute Gasteiger partial charge is 0.507 e. The third-order valence-electron chi connectivity index (χ3n) is 7.40. The van der Waals surface area contributed by atoms with Crippen LogP contribution in [0.1, 0.15) is 18.9 Å². The van der Waals surface area contributed by atoms with Crippen molar-refractivity contribution in [2.24, 2.45) is 5.92 Å². The van der Waals surface area contributed by atoms with Gasteiger partial charge >= 0.3 is 0 Å². The molecule has 0 radical (unpaired) electrons. The van der Waals surface area contributed by atoms with E-state index in [4.69, 9.17) is 0 Å². The topological polar surface area (TPSA) is 105 Å². The minimum atomic E-state index is -0.190. The van der Waals surface area contributed by atoms with Gasteiger partial charge in [-0.05, 0) is 61.9 Å². The van der Waals surface area contributed by atoms with Crippen molar-refractivity contribution in [3.63, 3.8) is 0 Å². The van der Waals surface area contributed by atoms with E-state index in [1.807, 2.05) is 11.8 Å². The van der Waals surface area contributed by atoms with E-state index >= 15 is 0 Å². The standard InChI is InChI=1S/C29H34N6O3/c1-20(2)21-3-6-24(7-4-21)34-13-15-35(16-14-34)28(37)19-33-12-10-22(18-33)29(38)31-23-5-8-27(36)25(17-23)26-9-11-30-32-26/h3-9,11,17,22,36H,1,10,12-16,18-19H2,2H3,(H,30,32)(H,31,38)/t22-/m1/s1. The molecule has 2 aliphatic rings. The van der Waals surface area contributed by atoms with Crippen molar-refractivity contribution in [2.45, 2.75) is 13.3 Å². The molecule has 198 valence electrons. The number of amides is 2. The molecule has 1 aromatic heterocycles. The lowest BCUT2D eigenvalue weighted by Crippen LogP contribution is -2.51. The van der Waals surface area contributed by atoms with E-state index < -0.39 is 0 Å². The number of allylic oxidation sites excluding steroid dienone is 1. The number of aromatic nitrogens is 2. The highest BCUT2D eigenvalue weighted by Gasteiger charge is 2.31. The third-order valence-corrected chi connectivity index (χ3v) is 7.40. The zero-order chi connectivity index (χ0) is 26.6. The van der Waals surface area contributed by atoms with Gasteiger partial charge in [0.15, 0.2) is 0 Å². The molecule has 3 heterocycles. The van der Waals surface area contributed by atoms with E-state index in [0.717, 1.165) is 24.2 Å². The fraction of sp³-hybridized carbons (Fsp3) is 0.345. The smallest absolute Gasteiger partial charge is 0.236 e. The van der Waals surface area contributed by atoms with Crippen LogP contribution in [-0.2, 0) is 9.59 Å². The van der Waals surface area contributed by atoms with E-state index in [1.54, 1.807) is 30.5 Å². The van der Waals surface area contributed by atoms with Gasteiger partial charge in [0, 0.05) is 55.9 Å². The Morgan fingerprint density at radius 1 is 1.08 bits per heavy atom. The van der Waals surface area contributed by atoms with Crippen molar-refractivity contribution in [3.8, 4) is 17.0 Å². The monoisotopic (exact) mass is 514 g/mol. The molecule has 38 heavy (non-hydrogen) atoms. The molecular formula is C29H34N6O3. The molecule has 0 unspecified atom stereocenters. The van der Waals surface area contributed by atoms with E-state index in [1.165, 1.54) is 5.69 Å². The Morgan fingerprint density at radius 3 is 2.53 bits per heavy atom. The number of rotatable bonds is 7. The maximum atomic E-state index is 13.0. The number of carbonyl (C=O) groups is 2. The van der Waals surface area contributed by atoms with Crippen LogP contribution < -0.4 is 10.2 Å². The van der Waals surface area contributed by atoms with Gasteiger partial charge in [0.25, 0.3) is 0 Å². The molecule has 2 amide bonds. The first kappa shape index (κ1) is 25.5. The number of carbonyl (C=O) groups excluding carboxylic acids is 2. The van der Waals surface area contributed by atoms with Gasteiger partial charge in [0.05, 0.1) is 18.2 Å². The summed E-state index contributed by atoms with van der Waals surface area (Å²) in [6.07, 6.45) is 2.38. The van der Waals surface area contributed by atoms with Crippen molar-refractivity contribution in [1.29, 1.82) is 0 Å². The summed E-state index contributed by atoms with van der Waals surface area (Å²) in [7, 11) is 0. The van der Waals surface area contributed by atoms with Crippen LogP contribution in [0, 0.1) is 5.92 Å². The molecule has 9 heteroatoms. The second kappa shape index (κ2) is 11.1. The van der Waals surface area contributed by atoms with Gasteiger partial charge in [-0.2, -0.15) is 5.10 Å². The predicted octanol–water partition coefficient (Wildman–Crippen LogP) is 3.42. The molecule has 2 fully saturated rings. The number of hydrogen-bond acceptors (Lipinski definition) is 6. The van der Waals surface area contributed by atoms with Crippen LogP contribution in [0.4, 0.5) is 11.4 Å². The summed E-state index contributed by atoms with van der Waals surface area (Å²) >= 11 is 0. The van der Waals surface area contributed by atoms with Crippen LogP contribution in [0.3, 0.4) is 0 Å². The maximum absolute atomic E-state index is 13.0. The average molecular weight is 515 g/mol. The number of likely N-dealkylation sites (tertiary alicyclic amines) is 1. The van der Waals surface area contributed by atoms with E-state index in [2.05, 4.69) is 56.2 Å². The lowest BCUT2D eigenvalue weighted by atomic mass is 10.1. The quantitative estimate of drug-likeness (QED) is 0.418. The van der Waals surface area contributed by atoms with E-state index in [9.17, 15) is 14.7 Å². The molecule has 3 aromatic rings. The molecule has 2 aromatic carbocycles. The second-order valence-corrected chi connectivity index (χ2v) is 10.1. The van der Waals surface area contributed by atoms with Gasteiger partial charge in [0.1, 0.15) is 5.75 Å². The lowest BCUT2D eigenvalue weighted by molar-refractivity contribution is -0.132. The second-order valence-electron chi connectivity index (χ2n) is 10.1. The first-order chi connectivity index (χ1) is 18.4. The Morgan fingerprint density at radius 2 is 1.84 bits per heavy atom. The Kier molecular flexibility index (Phi) is 7.46.